The van der Waals surface area contributed by atoms with Crippen molar-refractivity contribution in [3.63, 3.8) is 0 Å². The normalized spacial score (nSPS) is 14.0. The standard InChI is InChI=1S/C17H29NO2/c1-5-10-18-17(14(2)9-11-19-3)13-15-7-6-8-16(12-15)20-4/h6-8,12,14,17-18H,5,9-11,13H2,1-4H3. The Balaban J connectivity index is 2.66. The summed E-state index contributed by atoms with van der Waals surface area (Å²) in [6, 6.07) is 8.84. The van der Waals surface area contributed by atoms with Gasteiger partial charge in [-0.15, -0.1) is 0 Å². The quantitative estimate of drug-likeness (QED) is 0.713. The molecule has 2 unspecified atom stereocenters. The molecule has 0 saturated heterocycles. The zero-order valence-electron chi connectivity index (χ0n) is 13.3. The van der Waals surface area contributed by atoms with E-state index in [1.165, 1.54) is 5.56 Å². The fourth-order valence-electron chi connectivity index (χ4n) is 2.36. The third kappa shape index (κ3) is 5.93. The third-order valence-corrected chi connectivity index (χ3v) is 3.71. The Bertz CT molecular complexity index is 368. The molecule has 20 heavy (non-hydrogen) atoms. The number of hydrogen-bond acceptors (Lipinski definition) is 3. The molecule has 1 N–H and O–H groups in total. The molecule has 3 nitrogen and oxygen atoms in total. The largest absolute Gasteiger partial charge is 0.497 e. The van der Waals surface area contributed by atoms with Crippen molar-refractivity contribution in [3.8, 4) is 5.75 Å². The smallest absolute Gasteiger partial charge is 0.119 e. The second-order valence-electron chi connectivity index (χ2n) is 5.38. The summed E-state index contributed by atoms with van der Waals surface area (Å²) in [5, 5.41) is 3.67. The summed E-state index contributed by atoms with van der Waals surface area (Å²) in [5.74, 6) is 1.52. The van der Waals surface area contributed by atoms with Gasteiger partial charge in [-0.1, -0.05) is 26.0 Å². The van der Waals surface area contributed by atoms with Gasteiger partial charge in [0, 0.05) is 19.8 Å². The fraction of sp³-hybridized carbons (Fsp3) is 0.647. The van der Waals surface area contributed by atoms with Gasteiger partial charge in [-0.05, 0) is 49.4 Å². The van der Waals surface area contributed by atoms with Gasteiger partial charge < -0.3 is 14.8 Å². The van der Waals surface area contributed by atoms with Gasteiger partial charge in [0.25, 0.3) is 0 Å². The second-order valence-corrected chi connectivity index (χ2v) is 5.38. The fourth-order valence-corrected chi connectivity index (χ4v) is 2.36. The van der Waals surface area contributed by atoms with Crippen LogP contribution in [0.4, 0.5) is 0 Å². The zero-order chi connectivity index (χ0) is 14.8. The second kappa shape index (κ2) is 9.78. The van der Waals surface area contributed by atoms with E-state index in [0.29, 0.717) is 12.0 Å². The van der Waals surface area contributed by atoms with E-state index in [9.17, 15) is 0 Å². The summed E-state index contributed by atoms with van der Waals surface area (Å²) >= 11 is 0. The van der Waals surface area contributed by atoms with Crippen molar-refractivity contribution in [2.45, 2.75) is 39.2 Å². The maximum Gasteiger partial charge on any atom is 0.119 e. The summed E-state index contributed by atoms with van der Waals surface area (Å²) in [4.78, 5) is 0. The summed E-state index contributed by atoms with van der Waals surface area (Å²) in [6.07, 6.45) is 3.27. The predicted molar refractivity (Wildman–Crippen MR) is 84.4 cm³/mol. The maximum absolute atomic E-state index is 5.30. The molecule has 3 heteroatoms. The Morgan fingerprint density at radius 2 is 2.05 bits per heavy atom. The molecule has 1 aromatic carbocycles. The molecule has 0 heterocycles. The number of benzene rings is 1. The molecule has 1 rings (SSSR count). The van der Waals surface area contributed by atoms with E-state index < -0.39 is 0 Å². The molecule has 114 valence electrons. The highest BCUT2D eigenvalue weighted by Crippen LogP contribution is 2.18. The number of nitrogens with one attached hydrogen (secondary N) is 1. The van der Waals surface area contributed by atoms with Crippen molar-refractivity contribution >= 4 is 0 Å². The minimum atomic E-state index is 0.484. The van der Waals surface area contributed by atoms with Crippen molar-refractivity contribution in [2.24, 2.45) is 5.92 Å². The molecule has 0 bridgehead atoms. The number of methoxy groups -OCH3 is 2. The van der Waals surface area contributed by atoms with Crippen LogP contribution in [0.3, 0.4) is 0 Å². The van der Waals surface area contributed by atoms with Gasteiger partial charge in [0.2, 0.25) is 0 Å². The van der Waals surface area contributed by atoms with Crippen LogP contribution in [0.1, 0.15) is 32.3 Å². The van der Waals surface area contributed by atoms with Crippen LogP contribution in [0.15, 0.2) is 24.3 Å². The molecule has 0 spiro atoms. The molecule has 0 radical (unpaired) electrons. The van der Waals surface area contributed by atoms with Gasteiger partial charge >= 0.3 is 0 Å². The SMILES string of the molecule is CCCNC(Cc1cccc(OC)c1)C(C)CCOC. The van der Waals surface area contributed by atoms with Crippen molar-refractivity contribution in [1.82, 2.24) is 5.32 Å². The minimum Gasteiger partial charge on any atom is -0.497 e. The lowest BCUT2D eigenvalue weighted by molar-refractivity contribution is 0.170. The monoisotopic (exact) mass is 279 g/mol. The third-order valence-electron chi connectivity index (χ3n) is 3.71. The van der Waals surface area contributed by atoms with Crippen molar-refractivity contribution in [1.29, 1.82) is 0 Å². The number of rotatable bonds is 10. The Morgan fingerprint density at radius 1 is 1.25 bits per heavy atom. The molecule has 0 amide bonds. The van der Waals surface area contributed by atoms with Gasteiger partial charge in [-0.25, -0.2) is 0 Å². The molecule has 0 aromatic heterocycles. The van der Waals surface area contributed by atoms with Crippen LogP contribution in [0.2, 0.25) is 0 Å². The van der Waals surface area contributed by atoms with Crippen LogP contribution in [0, 0.1) is 5.92 Å². The first-order valence-corrected chi connectivity index (χ1v) is 7.56. The lowest BCUT2D eigenvalue weighted by atomic mass is 9.92. The van der Waals surface area contributed by atoms with Crippen LogP contribution in [-0.4, -0.2) is 33.4 Å². The highest BCUT2D eigenvalue weighted by Gasteiger charge is 2.17. The highest BCUT2D eigenvalue weighted by atomic mass is 16.5. The highest BCUT2D eigenvalue weighted by molar-refractivity contribution is 5.29. The Hall–Kier alpha value is -1.06. The molecule has 0 saturated carbocycles. The number of hydrogen-bond donors (Lipinski definition) is 1. The Morgan fingerprint density at radius 3 is 2.70 bits per heavy atom. The first-order chi connectivity index (χ1) is 9.71. The lowest BCUT2D eigenvalue weighted by Crippen LogP contribution is -2.37. The van der Waals surface area contributed by atoms with Gasteiger partial charge in [0.15, 0.2) is 0 Å². The summed E-state index contributed by atoms with van der Waals surface area (Å²) in [6.45, 7) is 6.39. The minimum absolute atomic E-state index is 0.484. The lowest BCUT2D eigenvalue weighted by Gasteiger charge is -2.25. The van der Waals surface area contributed by atoms with Gasteiger partial charge in [0.1, 0.15) is 5.75 Å². The molecule has 0 aliphatic heterocycles. The van der Waals surface area contributed by atoms with E-state index in [-0.39, 0.29) is 0 Å². The van der Waals surface area contributed by atoms with E-state index in [1.807, 2.05) is 6.07 Å². The molecule has 0 aliphatic carbocycles. The van der Waals surface area contributed by atoms with Crippen LogP contribution in [0.25, 0.3) is 0 Å². The summed E-state index contributed by atoms with van der Waals surface area (Å²) in [5.41, 5.74) is 1.32. The van der Waals surface area contributed by atoms with Gasteiger partial charge in [-0.3, -0.25) is 0 Å². The zero-order valence-corrected chi connectivity index (χ0v) is 13.3. The molecule has 1 aromatic rings. The number of ether oxygens (including phenoxy) is 2. The van der Waals surface area contributed by atoms with Gasteiger partial charge in [0.05, 0.1) is 7.11 Å². The van der Waals surface area contributed by atoms with E-state index in [4.69, 9.17) is 9.47 Å². The molecule has 0 aliphatic rings. The van der Waals surface area contributed by atoms with Crippen LogP contribution >= 0.6 is 0 Å². The van der Waals surface area contributed by atoms with Crippen molar-refractivity contribution in [3.05, 3.63) is 29.8 Å². The Labute approximate surface area is 123 Å². The summed E-state index contributed by atoms with van der Waals surface area (Å²) < 4.78 is 10.5. The van der Waals surface area contributed by atoms with E-state index in [0.717, 1.165) is 38.2 Å². The average Bonchev–Trinajstić information content (AvgIpc) is 2.49. The summed E-state index contributed by atoms with van der Waals surface area (Å²) in [7, 11) is 3.48. The Kier molecular flexibility index (Phi) is 8.31. The van der Waals surface area contributed by atoms with Gasteiger partial charge in [-0.2, -0.15) is 0 Å². The van der Waals surface area contributed by atoms with Crippen LogP contribution < -0.4 is 10.1 Å². The maximum atomic E-state index is 5.30. The predicted octanol–water partition coefficient (Wildman–Crippen LogP) is 3.28. The molecular formula is C17H29NO2. The van der Waals surface area contributed by atoms with Crippen LogP contribution in [0.5, 0.6) is 5.75 Å². The van der Waals surface area contributed by atoms with E-state index >= 15 is 0 Å². The topological polar surface area (TPSA) is 30.5 Å². The first kappa shape index (κ1) is 17.0. The molecular weight excluding hydrogens is 250 g/mol. The van der Waals surface area contributed by atoms with Crippen LogP contribution in [-0.2, 0) is 11.2 Å². The van der Waals surface area contributed by atoms with E-state index in [1.54, 1.807) is 14.2 Å². The molecule has 2 atom stereocenters. The molecule has 0 fully saturated rings. The van der Waals surface area contributed by atoms with Crippen molar-refractivity contribution < 1.29 is 9.47 Å². The van der Waals surface area contributed by atoms with Crippen molar-refractivity contribution in [2.75, 3.05) is 27.4 Å². The average molecular weight is 279 g/mol. The first-order valence-electron chi connectivity index (χ1n) is 7.56. The van der Waals surface area contributed by atoms with E-state index in [2.05, 4.69) is 37.4 Å².